The van der Waals surface area contributed by atoms with Gasteiger partial charge in [0.05, 0.1) is 5.69 Å². The van der Waals surface area contributed by atoms with Crippen LogP contribution in [0, 0.1) is 11.8 Å². The Balaban J connectivity index is 3.10. The van der Waals surface area contributed by atoms with Gasteiger partial charge in [0.25, 0.3) is 10.2 Å². The van der Waals surface area contributed by atoms with Crippen LogP contribution in [0.5, 0.6) is 0 Å². The summed E-state index contributed by atoms with van der Waals surface area (Å²) in [5.41, 5.74) is 0.708. The van der Waals surface area contributed by atoms with Crippen LogP contribution in [-0.4, -0.2) is 26.7 Å². The number of rotatable bonds is 4. The van der Waals surface area contributed by atoms with Gasteiger partial charge >= 0.3 is 0 Å². The van der Waals surface area contributed by atoms with Crippen LogP contribution < -0.4 is 9.44 Å². The Labute approximate surface area is 111 Å². The highest BCUT2D eigenvalue weighted by molar-refractivity contribution is 7.90. The molecule has 7 heteroatoms. The van der Waals surface area contributed by atoms with Gasteiger partial charge in [-0.05, 0) is 18.2 Å². The predicted molar refractivity (Wildman–Crippen MR) is 71.6 cm³/mol. The van der Waals surface area contributed by atoms with Crippen LogP contribution in [0.25, 0.3) is 0 Å². The van der Waals surface area contributed by atoms with Crippen molar-refractivity contribution in [1.82, 2.24) is 4.72 Å². The van der Waals surface area contributed by atoms with E-state index >= 15 is 0 Å². The molecule has 18 heavy (non-hydrogen) atoms. The van der Waals surface area contributed by atoms with Crippen LogP contribution in [0.15, 0.2) is 18.2 Å². The Morgan fingerprint density at radius 2 is 2.17 bits per heavy atom. The molecule has 0 saturated heterocycles. The molecule has 1 aromatic carbocycles. The molecule has 0 aliphatic rings. The molecule has 3 N–H and O–H groups in total. The van der Waals surface area contributed by atoms with E-state index in [1.165, 1.54) is 6.07 Å². The number of aliphatic hydroxyl groups excluding tert-OH is 1. The Kier molecular flexibility index (Phi) is 5.44. The van der Waals surface area contributed by atoms with Gasteiger partial charge in [-0.1, -0.05) is 30.4 Å². The topological polar surface area (TPSA) is 78.4 Å². The molecular weight excluding hydrogens is 276 g/mol. The van der Waals surface area contributed by atoms with Crippen molar-refractivity contribution in [3.05, 3.63) is 28.8 Å². The summed E-state index contributed by atoms with van der Waals surface area (Å²) in [6.07, 6.45) is 0. The summed E-state index contributed by atoms with van der Waals surface area (Å²) in [5.74, 6) is 5.09. The highest BCUT2D eigenvalue weighted by Gasteiger charge is 2.10. The summed E-state index contributed by atoms with van der Waals surface area (Å²) in [5, 5.41) is 9.03. The van der Waals surface area contributed by atoms with Crippen molar-refractivity contribution < 1.29 is 13.5 Å². The number of benzene rings is 1. The maximum atomic E-state index is 11.6. The Hall–Kier alpha value is -1.26. The highest BCUT2D eigenvalue weighted by Crippen LogP contribution is 2.21. The Morgan fingerprint density at radius 1 is 1.44 bits per heavy atom. The third-order valence-corrected chi connectivity index (χ3v) is 3.25. The molecule has 0 heterocycles. The quantitative estimate of drug-likeness (QED) is 0.722. The van der Waals surface area contributed by atoms with Crippen molar-refractivity contribution in [2.45, 2.75) is 6.92 Å². The molecule has 0 spiro atoms. The van der Waals surface area contributed by atoms with Crippen molar-refractivity contribution >= 4 is 27.5 Å². The van der Waals surface area contributed by atoms with Crippen LogP contribution in [-0.2, 0) is 10.2 Å². The predicted octanol–water partition coefficient (Wildman–Crippen LogP) is 0.950. The number of hydrogen-bond acceptors (Lipinski definition) is 3. The van der Waals surface area contributed by atoms with E-state index < -0.39 is 10.2 Å². The fraction of sp³-hybridized carbons (Fsp3) is 0.273. The van der Waals surface area contributed by atoms with Gasteiger partial charge in [-0.15, -0.1) is 0 Å². The zero-order valence-corrected chi connectivity index (χ0v) is 11.3. The molecular formula is C11H13ClN2O3S. The molecule has 98 valence electrons. The first kappa shape index (κ1) is 14.8. The lowest BCUT2D eigenvalue weighted by Crippen LogP contribution is -2.30. The smallest absolute Gasteiger partial charge is 0.299 e. The van der Waals surface area contributed by atoms with Gasteiger partial charge in [-0.3, -0.25) is 4.72 Å². The maximum Gasteiger partial charge on any atom is 0.299 e. The number of hydrogen-bond donors (Lipinski definition) is 3. The average molecular weight is 289 g/mol. The minimum absolute atomic E-state index is 0.268. The van der Waals surface area contributed by atoms with Gasteiger partial charge in [0, 0.05) is 17.1 Å². The number of nitrogens with one attached hydrogen (secondary N) is 2. The lowest BCUT2D eigenvalue weighted by atomic mass is 10.2. The highest BCUT2D eigenvalue weighted by atomic mass is 35.5. The summed E-state index contributed by atoms with van der Waals surface area (Å²) in [6.45, 7) is 1.64. The minimum Gasteiger partial charge on any atom is -0.384 e. The van der Waals surface area contributed by atoms with Gasteiger partial charge in [0.2, 0.25) is 0 Å². The monoisotopic (exact) mass is 288 g/mol. The summed E-state index contributed by atoms with van der Waals surface area (Å²) in [7, 11) is -3.64. The first-order chi connectivity index (χ1) is 8.48. The number of anilines is 1. The molecule has 0 aliphatic heterocycles. The van der Waals surface area contributed by atoms with Crippen molar-refractivity contribution in [2.75, 3.05) is 17.9 Å². The van der Waals surface area contributed by atoms with Crippen LogP contribution >= 0.6 is 11.6 Å². The van der Waals surface area contributed by atoms with E-state index in [1.54, 1.807) is 19.1 Å². The van der Waals surface area contributed by atoms with Crippen molar-refractivity contribution in [1.29, 1.82) is 0 Å². The summed E-state index contributed by atoms with van der Waals surface area (Å²) in [6, 6.07) is 4.63. The van der Waals surface area contributed by atoms with Crippen molar-refractivity contribution in [3.63, 3.8) is 0 Å². The van der Waals surface area contributed by atoms with Gasteiger partial charge in [-0.25, -0.2) is 0 Å². The number of aliphatic hydroxyl groups is 1. The SMILES string of the molecule is CCNS(=O)(=O)Nc1cc(Cl)ccc1C#CCO. The summed E-state index contributed by atoms with van der Waals surface area (Å²) in [4.78, 5) is 0. The average Bonchev–Trinajstić information content (AvgIpc) is 2.27. The maximum absolute atomic E-state index is 11.6. The van der Waals surface area contributed by atoms with E-state index in [9.17, 15) is 8.42 Å². The van der Waals surface area contributed by atoms with Crippen LogP contribution in [0.3, 0.4) is 0 Å². The molecule has 0 amide bonds. The van der Waals surface area contributed by atoms with E-state index in [0.29, 0.717) is 10.6 Å². The van der Waals surface area contributed by atoms with Gasteiger partial charge in [-0.2, -0.15) is 13.1 Å². The van der Waals surface area contributed by atoms with Crippen molar-refractivity contribution in [2.24, 2.45) is 0 Å². The zero-order valence-electron chi connectivity index (χ0n) is 9.70. The van der Waals surface area contributed by atoms with Crippen LogP contribution in [0.1, 0.15) is 12.5 Å². The fourth-order valence-electron chi connectivity index (χ4n) is 1.22. The second-order valence-corrected chi connectivity index (χ2v) is 5.19. The Bertz CT molecular complexity index is 576. The van der Waals surface area contributed by atoms with Crippen LogP contribution in [0.2, 0.25) is 5.02 Å². The lowest BCUT2D eigenvalue weighted by molar-refractivity contribution is 0.350. The van der Waals surface area contributed by atoms with E-state index in [-0.39, 0.29) is 18.8 Å². The van der Waals surface area contributed by atoms with Crippen LogP contribution in [0.4, 0.5) is 5.69 Å². The van der Waals surface area contributed by atoms with Crippen molar-refractivity contribution in [3.8, 4) is 11.8 Å². The van der Waals surface area contributed by atoms with Gasteiger partial charge in [0.15, 0.2) is 0 Å². The zero-order chi connectivity index (χ0) is 13.6. The summed E-state index contributed by atoms with van der Waals surface area (Å²) < 4.78 is 27.8. The molecule has 0 atom stereocenters. The first-order valence-corrected chi connectivity index (χ1v) is 7.01. The van der Waals surface area contributed by atoms with E-state index in [0.717, 1.165) is 0 Å². The molecule has 5 nitrogen and oxygen atoms in total. The summed E-state index contributed by atoms with van der Waals surface area (Å²) >= 11 is 5.80. The second-order valence-electron chi connectivity index (χ2n) is 3.25. The molecule has 0 aliphatic carbocycles. The molecule has 0 bridgehead atoms. The molecule has 1 rings (SSSR count). The van der Waals surface area contributed by atoms with E-state index in [4.69, 9.17) is 16.7 Å². The third kappa shape index (κ3) is 4.55. The Morgan fingerprint density at radius 3 is 2.78 bits per heavy atom. The lowest BCUT2D eigenvalue weighted by Gasteiger charge is -2.10. The fourth-order valence-corrected chi connectivity index (χ4v) is 2.30. The van der Waals surface area contributed by atoms with Gasteiger partial charge < -0.3 is 5.11 Å². The minimum atomic E-state index is -3.64. The molecule has 0 saturated carbocycles. The first-order valence-electron chi connectivity index (χ1n) is 5.15. The second kappa shape index (κ2) is 6.61. The standard InChI is InChI=1S/C11H13ClN2O3S/c1-2-13-18(16,17)14-11-8-10(12)6-5-9(11)4-3-7-15/h5-6,8,13-15H,2,7H2,1H3. The largest absolute Gasteiger partial charge is 0.384 e. The third-order valence-electron chi connectivity index (χ3n) is 1.86. The molecule has 0 fully saturated rings. The normalized spacial score (nSPS) is 10.6. The molecule has 0 radical (unpaired) electrons. The molecule has 0 aromatic heterocycles. The molecule has 1 aromatic rings. The van der Waals surface area contributed by atoms with E-state index in [1.807, 2.05) is 0 Å². The van der Waals surface area contributed by atoms with E-state index in [2.05, 4.69) is 21.3 Å². The molecule has 0 unspecified atom stereocenters. The number of halogens is 1. The van der Waals surface area contributed by atoms with Gasteiger partial charge in [0.1, 0.15) is 6.61 Å².